The molecule has 4 heterocycles. The van der Waals surface area contributed by atoms with Crippen LogP contribution < -0.4 is 4.90 Å². The molecule has 7 heteroatoms. The van der Waals surface area contributed by atoms with E-state index in [2.05, 4.69) is 42.2 Å². The molecule has 4 rings (SSSR count). The first kappa shape index (κ1) is 16.0. The van der Waals surface area contributed by atoms with Crippen molar-refractivity contribution in [2.45, 2.75) is 25.8 Å². The van der Waals surface area contributed by atoms with E-state index in [4.69, 9.17) is 0 Å². The Balaban J connectivity index is 1.44. The molecule has 2 aromatic heterocycles. The predicted octanol–water partition coefficient (Wildman–Crippen LogP) is 3.10. The molecule has 0 aromatic carbocycles. The van der Waals surface area contributed by atoms with Gasteiger partial charge in [0.1, 0.15) is 0 Å². The van der Waals surface area contributed by atoms with E-state index < -0.39 is 0 Å². The first-order valence-corrected chi connectivity index (χ1v) is 9.94. The summed E-state index contributed by atoms with van der Waals surface area (Å²) < 4.78 is 0.871. The van der Waals surface area contributed by atoms with E-state index in [1.54, 1.807) is 23.7 Å². The molecule has 1 unspecified atom stereocenters. The van der Waals surface area contributed by atoms with Crippen molar-refractivity contribution in [2.24, 2.45) is 5.92 Å². The Hall–Kier alpha value is -1.47. The zero-order chi connectivity index (χ0) is 16.5. The van der Waals surface area contributed by atoms with E-state index >= 15 is 0 Å². The fourth-order valence-electron chi connectivity index (χ4n) is 3.52. The highest BCUT2D eigenvalue weighted by molar-refractivity contribution is 9.10. The molecule has 0 radical (unpaired) electrons. The molecule has 5 nitrogen and oxygen atoms in total. The molecule has 126 valence electrons. The second-order valence-electron chi connectivity index (χ2n) is 6.37. The number of hydrogen-bond donors (Lipinski definition) is 0. The van der Waals surface area contributed by atoms with Crippen LogP contribution in [0, 0.1) is 5.92 Å². The average Bonchev–Trinajstić information content (AvgIpc) is 3.09. The molecular formula is C17H19BrN4OS. The van der Waals surface area contributed by atoms with Crippen LogP contribution in [0.1, 0.15) is 23.3 Å². The number of halogens is 1. The highest BCUT2D eigenvalue weighted by atomic mass is 79.9. The Labute approximate surface area is 153 Å². The van der Waals surface area contributed by atoms with Crippen molar-refractivity contribution in [3.8, 4) is 0 Å². The van der Waals surface area contributed by atoms with Crippen LogP contribution in [0.5, 0.6) is 0 Å². The second-order valence-corrected chi connectivity index (χ2v) is 8.28. The lowest BCUT2D eigenvalue weighted by atomic mass is 9.95. The minimum absolute atomic E-state index is 0.0474. The number of fused-ring (bicyclic) bond motifs is 1. The molecule has 2 aromatic rings. The van der Waals surface area contributed by atoms with Crippen LogP contribution >= 0.6 is 27.3 Å². The molecule has 1 fully saturated rings. The standard InChI is InChI=1S/C17H19BrN4OS/c18-14-8-19-17(20-9-14)22-5-1-2-13(11-22)16(23)21-6-3-15-12(10-21)4-7-24-15/h4,7-9,13H,1-3,5-6,10-11H2. The van der Waals surface area contributed by atoms with Crippen LogP contribution in [0.2, 0.25) is 0 Å². The third-order valence-corrected chi connectivity index (χ3v) is 6.21. The zero-order valence-electron chi connectivity index (χ0n) is 13.3. The van der Waals surface area contributed by atoms with Gasteiger partial charge in [-0.25, -0.2) is 9.97 Å². The second kappa shape index (κ2) is 6.80. The fraction of sp³-hybridized carbons (Fsp3) is 0.471. The molecule has 2 aliphatic heterocycles. The summed E-state index contributed by atoms with van der Waals surface area (Å²) in [5, 5.41) is 2.13. The van der Waals surface area contributed by atoms with Gasteiger partial charge in [-0.05, 0) is 52.2 Å². The van der Waals surface area contributed by atoms with Crippen molar-refractivity contribution in [3.05, 3.63) is 38.8 Å². The number of rotatable bonds is 2. The minimum atomic E-state index is 0.0474. The van der Waals surface area contributed by atoms with Crippen LogP contribution in [0.25, 0.3) is 0 Å². The molecule has 1 atom stereocenters. The van der Waals surface area contributed by atoms with E-state index in [9.17, 15) is 4.79 Å². The van der Waals surface area contributed by atoms with Crippen molar-refractivity contribution < 1.29 is 4.79 Å². The van der Waals surface area contributed by atoms with Gasteiger partial charge in [0.05, 0.1) is 10.4 Å². The summed E-state index contributed by atoms with van der Waals surface area (Å²) in [4.78, 5) is 27.3. The number of carbonyl (C=O) groups is 1. The van der Waals surface area contributed by atoms with E-state index in [0.29, 0.717) is 6.54 Å². The van der Waals surface area contributed by atoms with Crippen LogP contribution in [-0.2, 0) is 17.8 Å². The monoisotopic (exact) mass is 406 g/mol. The van der Waals surface area contributed by atoms with Gasteiger partial charge in [-0.1, -0.05) is 0 Å². The van der Waals surface area contributed by atoms with Crippen LogP contribution in [0.3, 0.4) is 0 Å². The summed E-state index contributed by atoms with van der Waals surface area (Å²) in [5.41, 5.74) is 1.32. The van der Waals surface area contributed by atoms with Gasteiger partial charge in [0.15, 0.2) is 0 Å². The number of anilines is 1. The summed E-state index contributed by atoms with van der Waals surface area (Å²) in [6, 6.07) is 2.16. The maximum atomic E-state index is 13.0. The Morgan fingerprint density at radius 1 is 1.29 bits per heavy atom. The number of carbonyl (C=O) groups excluding carboxylic acids is 1. The van der Waals surface area contributed by atoms with Crippen molar-refractivity contribution in [1.29, 1.82) is 0 Å². The lowest BCUT2D eigenvalue weighted by Gasteiger charge is -2.36. The van der Waals surface area contributed by atoms with Gasteiger partial charge in [-0.15, -0.1) is 11.3 Å². The molecule has 1 amide bonds. The van der Waals surface area contributed by atoms with Gasteiger partial charge in [-0.2, -0.15) is 0 Å². The van der Waals surface area contributed by atoms with E-state index in [1.807, 2.05) is 4.90 Å². The summed E-state index contributed by atoms with van der Waals surface area (Å²) in [6.45, 7) is 3.24. The number of piperidine rings is 1. The molecule has 0 bridgehead atoms. The number of thiophene rings is 1. The normalized spacial score (nSPS) is 20.8. The Bertz CT molecular complexity index is 732. The number of amides is 1. The lowest BCUT2D eigenvalue weighted by molar-refractivity contribution is -0.136. The third-order valence-electron chi connectivity index (χ3n) is 4.78. The van der Waals surface area contributed by atoms with Gasteiger partial charge in [0.25, 0.3) is 0 Å². The largest absolute Gasteiger partial charge is 0.340 e. The van der Waals surface area contributed by atoms with E-state index in [-0.39, 0.29) is 11.8 Å². The van der Waals surface area contributed by atoms with Gasteiger partial charge in [-0.3, -0.25) is 4.79 Å². The highest BCUT2D eigenvalue weighted by Gasteiger charge is 2.31. The summed E-state index contributed by atoms with van der Waals surface area (Å²) >= 11 is 5.17. The van der Waals surface area contributed by atoms with Crippen molar-refractivity contribution in [2.75, 3.05) is 24.5 Å². The quantitative estimate of drug-likeness (QED) is 0.768. The average molecular weight is 407 g/mol. The van der Waals surface area contributed by atoms with Gasteiger partial charge in [0.2, 0.25) is 11.9 Å². The van der Waals surface area contributed by atoms with E-state index in [1.165, 1.54) is 10.4 Å². The SMILES string of the molecule is O=C(C1CCCN(c2ncc(Br)cn2)C1)N1CCc2sccc2C1. The number of aromatic nitrogens is 2. The molecule has 0 saturated carbocycles. The van der Waals surface area contributed by atoms with Gasteiger partial charge < -0.3 is 9.80 Å². The van der Waals surface area contributed by atoms with Crippen LogP contribution in [0.4, 0.5) is 5.95 Å². The molecule has 0 aliphatic carbocycles. The number of hydrogen-bond acceptors (Lipinski definition) is 5. The Kier molecular flexibility index (Phi) is 4.54. The van der Waals surface area contributed by atoms with Gasteiger partial charge >= 0.3 is 0 Å². The fourth-order valence-corrected chi connectivity index (χ4v) is 4.62. The predicted molar refractivity (Wildman–Crippen MR) is 98.1 cm³/mol. The molecule has 24 heavy (non-hydrogen) atoms. The highest BCUT2D eigenvalue weighted by Crippen LogP contribution is 2.27. The summed E-state index contributed by atoms with van der Waals surface area (Å²) in [6.07, 6.45) is 6.48. The van der Waals surface area contributed by atoms with Crippen molar-refractivity contribution in [3.63, 3.8) is 0 Å². The van der Waals surface area contributed by atoms with Crippen molar-refractivity contribution in [1.82, 2.24) is 14.9 Å². The van der Waals surface area contributed by atoms with Crippen LogP contribution in [0.15, 0.2) is 28.3 Å². The lowest BCUT2D eigenvalue weighted by Crippen LogP contribution is -2.46. The molecule has 0 spiro atoms. The Morgan fingerprint density at radius 3 is 2.96 bits per heavy atom. The minimum Gasteiger partial charge on any atom is -0.340 e. The molecular weight excluding hydrogens is 388 g/mol. The first-order valence-electron chi connectivity index (χ1n) is 8.27. The number of nitrogens with zero attached hydrogens (tertiary/aromatic N) is 4. The van der Waals surface area contributed by atoms with Crippen LogP contribution in [-0.4, -0.2) is 40.4 Å². The van der Waals surface area contributed by atoms with Gasteiger partial charge in [0, 0.05) is 43.4 Å². The van der Waals surface area contributed by atoms with Crippen molar-refractivity contribution >= 4 is 39.1 Å². The maximum absolute atomic E-state index is 13.0. The summed E-state index contributed by atoms with van der Waals surface area (Å²) in [5.74, 6) is 1.05. The maximum Gasteiger partial charge on any atom is 0.227 e. The smallest absolute Gasteiger partial charge is 0.227 e. The summed E-state index contributed by atoms with van der Waals surface area (Å²) in [7, 11) is 0. The molecule has 1 saturated heterocycles. The topological polar surface area (TPSA) is 49.3 Å². The molecule has 0 N–H and O–H groups in total. The third kappa shape index (κ3) is 3.19. The first-order chi connectivity index (χ1) is 11.7. The Morgan fingerprint density at radius 2 is 2.12 bits per heavy atom. The molecule has 2 aliphatic rings. The zero-order valence-corrected chi connectivity index (χ0v) is 15.7. The van der Waals surface area contributed by atoms with E-state index in [0.717, 1.165) is 49.3 Å².